The number of rotatable bonds is 5. The molecule has 0 amide bonds. The highest BCUT2D eigenvalue weighted by molar-refractivity contribution is 5.72. The second kappa shape index (κ2) is 11.0. The SMILES string of the molecule is CCCC1CCC(c2ccc(-c3ccc(-c4cc(F)c(C#CC(F)(F)F)c(F)c4)c(F)c3)c(F)c2)CC1. The Bertz CT molecular complexity index is 1310. The molecule has 0 atom stereocenters. The monoisotopic (exact) mass is 518 g/mol. The standard InChI is InChI=1S/C30H25F7/c1-2-3-18-4-6-19(7-5-18)20-8-10-23(26(31)14-20)21-9-11-24(27(32)15-21)22-16-28(33)25(29(34)17-22)12-13-30(35,36)37/h8-11,14-19H,2-7H2,1H3. The number of halogens is 7. The van der Waals surface area contributed by atoms with E-state index in [4.69, 9.17) is 0 Å². The van der Waals surface area contributed by atoms with Crippen molar-refractivity contribution in [3.63, 3.8) is 0 Å². The lowest BCUT2D eigenvalue weighted by Gasteiger charge is -2.28. The van der Waals surface area contributed by atoms with Crippen molar-refractivity contribution in [2.24, 2.45) is 5.92 Å². The quantitative estimate of drug-likeness (QED) is 0.233. The highest BCUT2D eigenvalue weighted by Gasteiger charge is 2.24. The van der Waals surface area contributed by atoms with Gasteiger partial charge in [-0.3, -0.25) is 0 Å². The van der Waals surface area contributed by atoms with Crippen LogP contribution in [0.3, 0.4) is 0 Å². The van der Waals surface area contributed by atoms with Crippen LogP contribution >= 0.6 is 0 Å². The summed E-state index contributed by atoms with van der Waals surface area (Å²) in [5.41, 5.74) is -0.0783. The molecular formula is C30H25F7. The highest BCUT2D eigenvalue weighted by atomic mass is 19.4. The van der Waals surface area contributed by atoms with Crippen LogP contribution in [0.5, 0.6) is 0 Å². The number of alkyl halides is 3. The van der Waals surface area contributed by atoms with E-state index in [2.05, 4.69) is 6.92 Å². The van der Waals surface area contributed by atoms with Gasteiger partial charge < -0.3 is 0 Å². The van der Waals surface area contributed by atoms with Crippen molar-refractivity contribution in [2.45, 2.75) is 57.5 Å². The van der Waals surface area contributed by atoms with Crippen LogP contribution in [-0.2, 0) is 0 Å². The van der Waals surface area contributed by atoms with Gasteiger partial charge in [0.15, 0.2) is 0 Å². The molecule has 1 fully saturated rings. The summed E-state index contributed by atoms with van der Waals surface area (Å²) in [6.45, 7) is 2.18. The molecule has 0 aliphatic heterocycles. The van der Waals surface area contributed by atoms with E-state index < -0.39 is 35.0 Å². The highest BCUT2D eigenvalue weighted by Crippen LogP contribution is 2.39. The van der Waals surface area contributed by atoms with Gasteiger partial charge in [0.25, 0.3) is 0 Å². The molecule has 1 saturated carbocycles. The van der Waals surface area contributed by atoms with Gasteiger partial charge in [0.1, 0.15) is 23.3 Å². The van der Waals surface area contributed by atoms with Crippen molar-refractivity contribution in [1.82, 2.24) is 0 Å². The predicted octanol–water partition coefficient (Wildman–Crippen LogP) is 9.56. The maximum absolute atomic E-state index is 15.0. The Morgan fingerprint density at radius 1 is 0.730 bits per heavy atom. The largest absolute Gasteiger partial charge is 0.458 e. The van der Waals surface area contributed by atoms with E-state index in [1.54, 1.807) is 6.07 Å². The van der Waals surface area contributed by atoms with Gasteiger partial charge in [-0.1, -0.05) is 50.0 Å². The van der Waals surface area contributed by atoms with Gasteiger partial charge in [-0.25, -0.2) is 17.6 Å². The van der Waals surface area contributed by atoms with Crippen molar-refractivity contribution in [1.29, 1.82) is 0 Å². The van der Waals surface area contributed by atoms with Crippen LogP contribution in [0.2, 0.25) is 0 Å². The van der Waals surface area contributed by atoms with Gasteiger partial charge in [0, 0.05) is 17.0 Å². The molecule has 0 spiro atoms. The summed E-state index contributed by atoms with van der Waals surface area (Å²) in [7, 11) is 0. The smallest absolute Gasteiger partial charge is 0.206 e. The van der Waals surface area contributed by atoms with Crippen LogP contribution in [0, 0.1) is 41.0 Å². The van der Waals surface area contributed by atoms with Gasteiger partial charge in [-0.05, 0) is 78.5 Å². The van der Waals surface area contributed by atoms with E-state index in [-0.39, 0.29) is 22.3 Å². The van der Waals surface area contributed by atoms with Gasteiger partial charge in [0.2, 0.25) is 0 Å². The van der Waals surface area contributed by atoms with Crippen molar-refractivity contribution in [2.75, 3.05) is 0 Å². The zero-order chi connectivity index (χ0) is 26.7. The molecule has 0 heterocycles. The third-order valence-corrected chi connectivity index (χ3v) is 6.97. The topological polar surface area (TPSA) is 0 Å². The molecule has 0 aromatic heterocycles. The normalized spacial score (nSPS) is 17.8. The summed E-state index contributed by atoms with van der Waals surface area (Å²) in [6.07, 6.45) is 1.76. The van der Waals surface area contributed by atoms with Crippen LogP contribution in [0.25, 0.3) is 22.3 Å². The average molecular weight is 519 g/mol. The van der Waals surface area contributed by atoms with Crippen molar-refractivity contribution < 1.29 is 30.7 Å². The van der Waals surface area contributed by atoms with Gasteiger partial charge in [-0.15, -0.1) is 0 Å². The van der Waals surface area contributed by atoms with E-state index >= 15 is 4.39 Å². The average Bonchev–Trinajstić information content (AvgIpc) is 2.83. The minimum absolute atomic E-state index is 0.183. The third kappa shape index (κ3) is 6.36. The molecule has 194 valence electrons. The first kappa shape index (κ1) is 26.8. The Kier molecular flexibility index (Phi) is 7.96. The fourth-order valence-corrected chi connectivity index (χ4v) is 5.11. The van der Waals surface area contributed by atoms with E-state index in [1.165, 1.54) is 37.0 Å². The fraction of sp³-hybridized carbons (Fsp3) is 0.333. The molecule has 1 aliphatic rings. The minimum Gasteiger partial charge on any atom is -0.206 e. The lowest BCUT2D eigenvalue weighted by atomic mass is 9.77. The number of hydrogen-bond donors (Lipinski definition) is 0. The molecule has 0 bridgehead atoms. The molecule has 3 aromatic carbocycles. The summed E-state index contributed by atoms with van der Waals surface area (Å²) in [4.78, 5) is 0. The number of benzene rings is 3. The van der Waals surface area contributed by atoms with E-state index in [0.29, 0.717) is 18.1 Å². The predicted molar refractivity (Wildman–Crippen MR) is 130 cm³/mol. The summed E-state index contributed by atoms with van der Waals surface area (Å²) >= 11 is 0. The Hall–Kier alpha value is -3.27. The Morgan fingerprint density at radius 2 is 1.30 bits per heavy atom. The zero-order valence-corrected chi connectivity index (χ0v) is 20.2. The first-order valence-corrected chi connectivity index (χ1v) is 12.2. The van der Waals surface area contributed by atoms with Crippen molar-refractivity contribution in [3.8, 4) is 34.1 Å². The lowest BCUT2D eigenvalue weighted by molar-refractivity contribution is -0.0696. The molecule has 0 radical (unpaired) electrons. The molecular weight excluding hydrogens is 493 g/mol. The molecule has 0 saturated heterocycles. The van der Waals surface area contributed by atoms with Crippen LogP contribution < -0.4 is 0 Å². The first-order valence-electron chi connectivity index (χ1n) is 12.2. The third-order valence-electron chi connectivity index (χ3n) is 6.97. The summed E-state index contributed by atoms with van der Waals surface area (Å²) < 4.78 is 95.3. The van der Waals surface area contributed by atoms with Gasteiger partial charge >= 0.3 is 6.18 Å². The molecule has 0 nitrogen and oxygen atoms in total. The minimum atomic E-state index is -4.92. The van der Waals surface area contributed by atoms with Crippen LogP contribution in [-0.4, -0.2) is 6.18 Å². The van der Waals surface area contributed by atoms with Crippen molar-refractivity contribution >= 4 is 0 Å². The molecule has 1 aliphatic carbocycles. The Morgan fingerprint density at radius 3 is 1.86 bits per heavy atom. The van der Waals surface area contributed by atoms with E-state index in [1.807, 2.05) is 6.07 Å². The maximum atomic E-state index is 15.0. The summed E-state index contributed by atoms with van der Waals surface area (Å²) in [5.74, 6) is -0.763. The fourth-order valence-electron chi connectivity index (χ4n) is 5.11. The molecule has 0 unspecified atom stereocenters. The molecule has 0 N–H and O–H groups in total. The molecule has 3 aromatic rings. The second-order valence-corrected chi connectivity index (χ2v) is 9.50. The van der Waals surface area contributed by atoms with Gasteiger partial charge in [-0.2, -0.15) is 13.2 Å². The summed E-state index contributed by atoms with van der Waals surface area (Å²) in [6, 6.07) is 10.2. The molecule has 4 rings (SSSR count). The first-order chi connectivity index (χ1) is 17.6. The van der Waals surface area contributed by atoms with Crippen LogP contribution in [0.4, 0.5) is 30.7 Å². The van der Waals surface area contributed by atoms with E-state index in [9.17, 15) is 26.3 Å². The Balaban J connectivity index is 1.56. The van der Waals surface area contributed by atoms with Crippen LogP contribution in [0.15, 0.2) is 48.5 Å². The maximum Gasteiger partial charge on any atom is 0.458 e. The van der Waals surface area contributed by atoms with Crippen molar-refractivity contribution in [3.05, 3.63) is 82.9 Å². The Labute approximate surface area is 211 Å². The number of hydrogen-bond acceptors (Lipinski definition) is 0. The zero-order valence-electron chi connectivity index (χ0n) is 20.2. The summed E-state index contributed by atoms with van der Waals surface area (Å²) in [5, 5.41) is 0. The lowest BCUT2D eigenvalue weighted by Crippen LogP contribution is -2.13. The van der Waals surface area contributed by atoms with Gasteiger partial charge in [0.05, 0.1) is 5.56 Å². The molecule has 37 heavy (non-hydrogen) atoms. The second-order valence-electron chi connectivity index (χ2n) is 9.50. The molecule has 7 heteroatoms. The van der Waals surface area contributed by atoms with E-state index in [0.717, 1.165) is 49.2 Å². The van der Waals surface area contributed by atoms with Crippen LogP contribution in [0.1, 0.15) is 62.5 Å².